The van der Waals surface area contributed by atoms with Crippen LogP contribution in [0.5, 0.6) is 0 Å². The molecule has 0 saturated carbocycles. The van der Waals surface area contributed by atoms with E-state index in [0.717, 1.165) is 16.8 Å². The minimum atomic E-state index is -0.788. The van der Waals surface area contributed by atoms with Gasteiger partial charge in [-0.3, -0.25) is 14.4 Å². The molecule has 2 fully saturated rings. The number of aliphatic carboxylic acids is 1. The number of piperidine rings is 1. The van der Waals surface area contributed by atoms with Crippen LogP contribution in [0.3, 0.4) is 0 Å². The molecule has 0 spiro atoms. The molecule has 134 valence electrons. The lowest BCUT2D eigenvalue weighted by Crippen LogP contribution is -2.43. The summed E-state index contributed by atoms with van der Waals surface area (Å²) in [4.78, 5) is 39.7. The number of rotatable bonds is 3. The van der Waals surface area contributed by atoms with Crippen LogP contribution in [-0.4, -0.2) is 47.4 Å². The van der Waals surface area contributed by atoms with E-state index in [-0.39, 0.29) is 30.1 Å². The molecular formula is C19H24N2O4. The van der Waals surface area contributed by atoms with E-state index >= 15 is 0 Å². The molecule has 3 rings (SSSR count). The maximum Gasteiger partial charge on any atom is 0.306 e. The predicted molar refractivity (Wildman–Crippen MR) is 93.3 cm³/mol. The molecule has 1 aromatic rings. The summed E-state index contributed by atoms with van der Waals surface area (Å²) in [5.41, 5.74) is 2.98. The molecule has 0 unspecified atom stereocenters. The predicted octanol–water partition coefficient (Wildman–Crippen LogP) is 1.98. The summed E-state index contributed by atoms with van der Waals surface area (Å²) >= 11 is 0. The molecule has 6 nitrogen and oxygen atoms in total. The van der Waals surface area contributed by atoms with E-state index in [1.807, 2.05) is 32.0 Å². The molecule has 1 aromatic carbocycles. The smallest absolute Gasteiger partial charge is 0.306 e. The van der Waals surface area contributed by atoms with E-state index < -0.39 is 5.97 Å². The lowest BCUT2D eigenvalue weighted by molar-refractivity contribution is -0.146. The standard InChI is InChI=1S/C19H24N2O4/c1-12-3-4-13(2)16(9-12)21-11-15(10-17(21)22)18(23)20-7-5-14(6-8-20)19(24)25/h3-4,9,14-15H,5-8,10-11H2,1-2H3,(H,24,25)/t15-/m0/s1. The number of carboxylic acids is 1. The number of amides is 2. The number of hydrogen-bond acceptors (Lipinski definition) is 3. The highest BCUT2D eigenvalue weighted by atomic mass is 16.4. The molecule has 2 heterocycles. The van der Waals surface area contributed by atoms with Gasteiger partial charge < -0.3 is 14.9 Å². The number of likely N-dealkylation sites (tertiary alicyclic amines) is 1. The summed E-state index contributed by atoms with van der Waals surface area (Å²) in [6.07, 6.45) is 1.20. The van der Waals surface area contributed by atoms with Gasteiger partial charge in [-0.1, -0.05) is 12.1 Å². The summed E-state index contributed by atoms with van der Waals surface area (Å²) in [5.74, 6) is -1.53. The fourth-order valence-corrected chi connectivity index (χ4v) is 3.72. The largest absolute Gasteiger partial charge is 0.481 e. The van der Waals surface area contributed by atoms with Crippen molar-refractivity contribution in [2.24, 2.45) is 11.8 Å². The molecule has 1 atom stereocenters. The van der Waals surface area contributed by atoms with Crippen LogP contribution in [0.25, 0.3) is 0 Å². The van der Waals surface area contributed by atoms with Crippen LogP contribution in [0.15, 0.2) is 18.2 Å². The van der Waals surface area contributed by atoms with Gasteiger partial charge in [-0.15, -0.1) is 0 Å². The Kier molecular flexibility index (Phi) is 4.79. The van der Waals surface area contributed by atoms with Crippen molar-refractivity contribution < 1.29 is 19.5 Å². The molecule has 2 aliphatic heterocycles. The molecule has 0 aliphatic carbocycles. The third-order valence-corrected chi connectivity index (χ3v) is 5.29. The number of anilines is 1. The second-order valence-electron chi connectivity index (χ2n) is 7.13. The van der Waals surface area contributed by atoms with Crippen molar-refractivity contribution in [3.8, 4) is 0 Å². The summed E-state index contributed by atoms with van der Waals surface area (Å²) < 4.78 is 0. The van der Waals surface area contributed by atoms with Crippen molar-refractivity contribution >= 4 is 23.5 Å². The SMILES string of the molecule is Cc1ccc(C)c(N2C[C@@H](C(=O)N3CCC(C(=O)O)CC3)CC2=O)c1. The molecule has 6 heteroatoms. The lowest BCUT2D eigenvalue weighted by atomic mass is 9.95. The highest BCUT2D eigenvalue weighted by molar-refractivity contribution is 6.00. The van der Waals surface area contributed by atoms with Crippen molar-refractivity contribution in [1.82, 2.24) is 4.90 Å². The summed E-state index contributed by atoms with van der Waals surface area (Å²) in [7, 11) is 0. The first-order valence-electron chi connectivity index (χ1n) is 8.76. The van der Waals surface area contributed by atoms with Crippen LogP contribution in [-0.2, 0) is 14.4 Å². The first kappa shape index (κ1) is 17.5. The topological polar surface area (TPSA) is 77.9 Å². The monoisotopic (exact) mass is 344 g/mol. The van der Waals surface area contributed by atoms with E-state index in [1.54, 1.807) is 9.80 Å². The zero-order valence-electron chi connectivity index (χ0n) is 14.7. The second-order valence-corrected chi connectivity index (χ2v) is 7.13. The maximum atomic E-state index is 12.8. The fraction of sp³-hybridized carbons (Fsp3) is 0.526. The summed E-state index contributed by atoms with van der Waals surface area (Å²) in [5, 5.41) is 9.06. The van der Waals surface area contributed by atoms with Crippen molar-refractivity contribution in [2.75, 3.05) is 24.5 Å². The van der Waals surface area contributed by atoms with Crippen LogP contribution >= 0.6 is 0 Å². The highest BCUT2D eigenvalue weighted by Crippen LogP contribution is 2.30. The van der Waals surface area contributed by atoms with Crippen molar-refractivity contribution in [1.29, 1.82) is 0 Å². The number of carbonyl (C=O) groups is 3. The van der Waals surface area contributed by atoms with Crippen molar-refractivity contribution in [3.05, 3.63) is 29.3 Å². The van der Waals surface area contributed by atoms with Gasteiger partial charge in [0.05, 0.1) is 11.8 Å². The molecule has 0 aromatic heterocycles. The van der Waals surface area contributed by atoms with Gasteiger partial charge in [-0.25, -0.2) is 0 Å². The quantitative estimate of drug-likeness (QED) is 0.909. The van der Waals surface area contributed by atoms with Gasteiger partial charge in [-0.05, 0) is 43.9 Å². The van der Waals surface area contributed by atoms with Gasteiger partial charge in [-0.2, -0.15) is 0 Å². The number of nitrogens with zero attached hydrogens (tertiary/aromatic N) is 2. The Labute approximate surface area is 147 Å². The molecule has 0 bridgehead atoms. The van der Waals surface area contributed by atoms with Crippen LogP contribution in [0.4, 0.5) is 5.69 Å². The van der Waals surface area contributed by atoms with E-state index in [2.05, 4.69) is 0 Å². The Morgan fingerprint density at radius 3 is 2.44 bits per heavy atom. The molecule has 0 radical (unpaired) electrons. The zero-order chi connectivity index (χ0) is 18.1. The number of carbonyl (C=O) groups excluding carboxylic acids is 2. The number of aryl methyl sites for hydroxylation is 2. The molecule has 2 aliphatic rings. The van der Waals surface area contributed by atoms with Gasteiger partial charge in [0, 0.05) is 31.7 Å². The Bertz CT molecular complexity index is 707. The van der Waals surface area contributed by atoms with E-state index in [1.165, 1.54) is 0 Å². The Morgan fingerprint density at radius 2 is 1.80 bits per heavy atom. The van der Waals surface area contributed by atoms with Crippen molar-refractivity contribution in [2.45, 2.75) is 33.1 Å². The van der Waals surface area contributed by atoms with Gasteiger partial charge in [0.2, 0.25) is 11.8 Å². The first-order chi connectivity index (χ1) is 11.9. The highest BCUT2D eigenvalue weighted by Gasteiger charge is 2.39. The molecule has 2 saturated heterocycles. The number of hydrogen-bond donors (Lipinski definition) is 1. The minimum Gasteiger partial charge on any atom is -0.481 e. The van der Waals surface area contributed by atoms with E-state index in [9.17, 15) is 14.4 Å². The first-order valence-corrected chi connectivity index (χ1v) is 8.76. The minimum absolute atomic E-state index is 0.0209. The number of carboxylic acid groups (broad SMARTS) is 1. The van der Waals surface area contributed by atoms with Crippen molar-refractivity contribution in [3.63, 3.8) is 0 Å². The molecule has 1 N–H and O–H groups in total. The molecule has 25 heavy (non-hydrogen) atoms. The van der Waals surface area contributed by atoms with Crippen LogP contribution in [0.1, 0.15) is 30.4 Å². The van der Waals surface area contributed by atoms with Crippen LogP contribution in [0, 0.1) is 25.7 Å². The van der Waals surface area contributed by atoms with Crippen LogP contribution < -0.4 is 4.90 Å². The van der Waals surface area contributed by atoms with E-state index in [4.69, 9.17) is 5.11 Å². The average molecular weight is 344 g/mol. The van der Waals surface area contributed by atoms with Gasteiger partial charge in [0.25, 0.3) is 0 Å². The average Bonchev–Trinajstić information content (AvgIpc) is 2.98. The number of benzene rings is 1. The summed E-state index contributed by atoms with van der Waals surface area (Å²) in [6, 6.07) is 5.98. The van der Waals surface area contributed by atoms with Gasteiger partial charge in [0.1, 0.15) is 0 Å². The third-order valence-electron chi connectivity index (χ3n) is 5.29. The Balaban J connectivity index is 1.67. The molecule has 2 amide bonds. The lowest BCUT2D eigenvalue weighted by Gasteiger charge is -2.31. The third kappa shape index (κ3) is 3.52. The van der Waals surface area contributed by atoms with E-state index in [0.29, 0.717) is 32.5 Å². The van der Waals surface area contributed by atoms with Crippen LogP contribution in [0.2, 0.25) is 0 Å². The Morgan fingerprint density at radius 1 is 1.12 bits per heavy atom. The maximum absolute atomic E-state index is 12.8. The second kappa shape index (κ2) is 6.86. The fourth-order valence-electron chi connectivity index (χ4n) is 3.72. The normalized spacial score (nSPS) is 21.7. The van der Waals surface area contributed by atoms with Gasteiger partial charge in [0.15, 0.2) is 0 Å². The Hall–Kier alpha value is -2.37. The van der Waals surface area contributed by atoms with Gasteiger partial charge >= 0.3 is 5.97 Å². The molecular weight excluding hydrogens is 320 g/mol. The summed E-state index contributed by atoms with van der Waals surface area (Å²) in [6.45, 7) is 5.28. The zero-order valence-corrected chi connectivity index (χ0v) is 14.7.